The zero-order valence-electron chi connectivity index (χ0n) is 27.4. The summed E-state index contributed by atoms with van der Waals surface area (Å²) in [6.45, 7) is 9.61. The standard InChI is InChI=1S/C46H37N/c1-45(2)40-28-22-32-21-26-37-36-17-11-12-18-39(36)46(3,4)44(37)42(32)43(40)38-27-25-35(29-41(38)45)47(33-15-9-6-10-16-33)34-23-19-31(20-24-34)30-13-7-5-8-14-30/h5-29H,1-4H3. The maximum Gasteiger partial charge on any atom is 0.0465 e. The molecule has 0 atom stereocenters. The van der Waals surface area contributed by atoms with Crippen LogP contribution < -0.4 is 4.90 Å². The van der Waals surface area contributed by atoms with Crippen LogP contribution in [0.15, 0.2) is 152 Å². The number of fused-ring (bicyclic) bond motifs is 9. The molecule has 7 aromatic carbocycles. The highest BCUT2D eigenvalue weighted by Crippen LogP contribution is 2.58. The molecular formula is C46H37N. The van der Waals surface area contributed by atoms with Gasteiger partial charge in [-0.1, -0.05) is 143 Å². The molecule has 0 radical (unpaired) electrons. The summed E-state index contributed by atoms with van der Waals surface area (Å²) >= 11 is 0. The number of rotatable bonds is 4. The molecule has 0 amide bonds. The van der Waals surface area contributed by atoms with Crippen LogP contribution in [0.5, 0.6) is 0 Å². The highest BCUT2D eigenvalue weighted by molar-refractivity contribution is 6.09. The third-order valence-electron chi connectivity index (χ3n) is 10.8. The van der Waals surface area contributed by atoms with E-state index >= 15 is 0 Å². The van der Waals surface area contributed by atoms with Crippen LogP contribution in [-0.4, -0.2) is 0 Å². The lowest BCUT2D eigenvalue weighted by atomic mass is 9.77. The quantitative estimate of drug-likeness (QED) is 0.193. The van der Waals surface area contributed by atoms with Crippen LogP contribution in [0.4, 0.5) is 17.1 Å². The Labute approximate surface area is 277 Å². The minimum Gasteiger partial charge on any atom is -0.310 e. The van der Waals surface area contributed by atoms with E-state index < -0.39 is 0 Å². The van der Waals surface area contributed by atoms with E-state index in [-0.39, 0.29) is 10.8 Å². The number of hydrogen-bond donors (Lipinski definition) is 0. The molecule has 0 saturated carbocycles. The molecule has 0 saturated heterocycles. The molecule has 9 rings (SSSR count). The second-order valence-corrected chi connectivity index (χ2v) is 14.2. The van der Waals surface area contributed by atoms with Crippen LogP contribution in [-0.2, 0) is 10.8 Å². The molecule has 47 heavy (non-hydrogen) atoms. The summed E-state index contributed by atoms with van der Waals surface area (Å²) in [5, 5.41) is 2.73. The van der Waals surface area contributed by atoms with Crippen LogP contribution in [0.1, 0.15) is 49.9 Å². The van der Waals surface area contributed by atoms with Crippen molar-refractivity contribution in [2.75, 3.05) is 4.90 Å². The molecule has 0 aliphatic heterocycles. The van der Waals surface area contributed by atoms with Crippen LogP contribution >= 0.6 is 0 Å². The molecule has 0 bridgehead atoms. The number of benzene rings is 7. The van der Waals surface area contributed by atoms with Crippen molar-refractivity contribution in [1.82, 2.24) is 0 Å². The Morgan fingerprint density at radius 2 is 1.00 bits per heavy atom. The molecule has 2 aliphatic carbocycles. The smallest absolute Gasteiger partial charge is 0.0465 e. The fourth-order valence-corrected chi connectivity index (χ4v) is 8.50. The van der Waals surface area contributed by atoms with Crippen LogP contribution in [0.2, 0.25) is 0 Å². The molecule has 0 fully saturated rings. The molecule has 226 valence electrons. The highest BCUT2D eigenvalue weighted by atomic mass is 15.1. The van der Waals surface area contributed by atoms with E-state index in [0.717, 1.165) is 11.4 Å². The maximum absolute atomic E-state index is 2.45. The summed E-state index contributed by atoms with van der Waals surface area (Å²) in [6.07, 6.45) is 0. The fourth-order valence-electron chi connectivity index (χ4n) is 8.50. The minimum absolute atomic E-state index is 0.0799. The molecule has 0 unspecified atom stereocenters. The van der Waals surface area contributed by atoms with Gasteiger partial charge in [0.05, 0.1) is 0 Å². The first-order valence-corrected chi connectivity index (χ1v) is 16.7. The number of anilines is 3. The van der Waals surface area contributed by atoms with E-state index in [9.17, 15) is 0 Å². The average Bonchev–Trinajstić information content (AvgIpc) is 3.49. The lowest BCUT2D eigenvalue weighted by molar-refractivity contribution is 0.659. The van der Waals surface area contributed by atoms with Crippen molar-refractivity contribution in [2.24, 2.45) is 0 Å². The Kier molecular flexibility index (Phi) is 5.96. The SMILES string of the molecule is CC1(C)c2cc(N(c3ccccc3)c3ccc(-c4ccccc4)cc3)ccc2-c2c1ccc1ccc3c(c21)C(C)(C)c1ccccc1-3. The zero-order chi connectivity index (χ0) is 31.9. The molecule has 2 aliphatic rings. The van der Waals surface area contributed by atoms with Gasteiger partial charge >= 0.3 is 0 Å². The summed E-state index contributed by atoms with van der Waals surface area (Å²) in [4.78, 5) is 2.39. The van der Waals surface area contributed by atoms with Crippen molar-refractivity contribution in [3.8, 4) is 33.4 Å². The summed E-state index contributed by atoms with van der Waals surface area (Å²) in [5.74, 6) is 0. The molecule has 0 spiro atoms. The minimum atomic E-state index is -0.146. The summed E-state index contributed by atoms with van der Waals surface area (Å²) < 4.78 is 0. The lowest BCUT2D eigenvalue weighted by Gasteiger charge is -2.28. The van der Waals surface area contributed by atoms with Gasteiger partial charge in [-0.3, -0.25) is 0 Å². The predicted molar refractivity (Wildman–Crippen MR) is 199 cm³/mol. The number of nitrogens with zero attached hydrogens (tertiary/aromatic N) is 1. The summed E-state index contributed by atoms with van der Waals surface area (Å²) in [5.41, 5.74) is 16.9. The molecule has 7 aromatic rings. The van der Waals surface area contributed by atoms with Crippen molar-refractivity contribution in [1.29, 1.82) is 0 Å². The van der Waals surface area contributed by atoms with E-state index in [1.807, 2.05) is 0 Å². The van der Waals surface area contributed by atoms with Gasteiger partial charge in [-0.05, 0) is 103 Å². The Balaban J connectivity index is 1.23. The first kappa shape index (κ1) is 27.9. The first-order valence-electron chi connectivity index (χ1n) is 16.7. The molecule has 0 heterocycles. The summed E-state index contributed by atoms with van der Waals surface area (Å²) in [6, 6.07) is 55.9. The van der Waals surface area contributed by atoms with E-state index in [2.05, 4.69) is 184 Å². The lowest BCUT2D eigenvalue weighted by Crippen LogP contribution is -2.17. The van der Waals surface area contributed by atoms with Crippen molar-refractivity contribution < 1.29 is 0 Å². The van der Waals surface area contributed by atoms with Gasteiger partial charge in [0.2, 0.25) is 0 Å². The Hall–Kier alpha value is -5.40. The maximum atomic E-state index is 2.45. The predicted octanol–water partition coefficient (Wildman–Crippen LogP) is 12.6. The molecule has 1 nitrogen and oxygen atoms in total. The third kappa shape index (κ3) is 4.02. The molecule has 1 heteroatoms. The van der Waals surface area contributed by atoms with E-state index in [4.69, 9.17) is 0 Å². The van der Waals surface area contributed by atoms with Gasteiger partial charge in [0.15, 0.2) is 0 Å². The van der Waals surface area contributed by atoms with Gasteiger partial charge < -0.3 is 4.90 Å². The topological polar surface area (TPSA) is 3.24 Å². The van der Waals surface area contributed by atoms with E-state index in [1.54, 1.807) is 0 Å². The largest absolute Gasteiger partial charge is 0.310 e. The number of hydrogen-bond acceptors (Lipinski definition) is 1. The van der Waals surface area contributed by atoms with Gasteiger partial charge in [0.25, 0.3) is 0 Å². The van der Waals surface area contributed by atoms with Crippen LogP contribution in [0, 0.1) is 0 Å². The van der Waals surface area contributed by atoms with Gasteiger partial charge in [0.1, 0.15) is 0 Å². The van der Waals surface area contributed by atoms with Gasteiger partial charge in [-0.2, -0.15) is 0 Å². The number of para-hydroxylation sites is 1. The monoisotopic (exact) mass is 603 g/mol. The second kappa shape index (κ2) is 10.0. The van der Waals surface area contributed by atoms with E-state index in [0.29, 0.717) is 0 Å². The highest BCUT2D eigenvalue weighted by Gasteiger charge is 2.42. The Morgan fingerprint density at radius 1 is 0.404 bits per heavy atom. The Morgan fingerprint density at radius 3 is 1.77 bits per heavy atom. The van der Waals surface area contributed by atoms with Gasteiger partial charge in [-0.15, -0.1) is 0 Å². The average molecular weight is 604 g/mol. The van der Waals surface area contributed by atoms with E-state index in [1.165, 1.54) is 72.1 Å². The first-order chi connectivity index (χ1) is 22.8. The van der Waals surface area contributed by atoms with Crippen molar-refractivity contribution in [2.45, 2.75) is 38.5 Å². The van der Waals surface area contributed by atoms with Crippen molar-refractivity contribution in [3.63, 3.8) is 0 Å². The molecular weight excluding hydrogens is 567 g/mol. The van der Waals surface area contributed by atoms with Crippen LogP contribution in [0.3, 0.4) is 0 Å². The Bertz CT molecular complexity index is 2330. The van der Waals surface area contributed by atoms with Gasteiger partial charge in [0, 0.05) is 27.9 Å². The summed E-state index contributed by atoms with van der Waals surface area (Å²) in [7, 11) is 0. The van der Waals surface area contributed by atoms with Crippen molar-refractivity contribution >= 4 is 27.8 Å². The normalized spacial score (nSPS) is 14.7. The molecule has 0 aromatic heterocycles. The third-order valence-corrected chi connectivity index (χ3v) is 10.8. The molecule has 0 N–H and O–H groups in total. The van der Waals surface area contributed by atoms with Crippen LogP contribution in [0.25, 0.3) is 44.2 Å². The zero-order valence-corrected chi connectivity index (χ0v) is 27.4. The van der Waals surface area contributed by atoms with Crippen molar-refractivity contribution in [3.05, 3.63) is 174 Å². The fraction of sp³-hybridized carbons (Fsp3) is 0.130. The second-order valence-electron chi connectivity index (χ2n) is 14.2. The van der Waals surface area contributed by atoms with Gasteiger partial charge in [-0.25, -0.2) is 0 Å².